The minimum atomic E-state index is -4.66. The van der Waals surface area contributed by atoms with Crippen LogP contribution in [0.1, 0.15) is 39.7 Å². The fraction of sp³-hybridized carbons (Fsp3) is 0.625. The summed E-state index contributed by atoms with van der Waals surface area (Å²) in [4.78, 5) is 0. The first-order valence-electron chi connectivity index (χ1n) is 7.18. The molecular formula is C16H24F3NO. The van der Waals surface area contributed by atoms with Crippen molar-refractivity contribution < 1.29 is 17.9 Å². The van der Waals surface area contributed by atoms with Crippen molar-refractivity contribution in [3.05, 3.63) is 29.8 Å². The van der Waals surface area contributed by atoms with E-state index in [-0.39, 0.29) is 5.75 Å². The summed E-state index contributed by atoms with van der Waals surface area (Å²) < 4.78 is 41.6. The molecule has 0 aliphatic carbocycles. The Labute approximate surface area is 124 Å². The van der Waals surface area contributed by atoms with Crippen molar-refractivity contribution in [2.75, 3.05) is 13.1 Å². The second kappa shape index (κ2) is 7.16. The first-order chi connectivity index (χ1) is 9.62. The van der Waals surface area contributed by atoms with Gasteiger partial charge in [0.2, 0.25) is 0 Å². The van der Waals surface area contributed by atoms with E-state index in [2.05, 4.69) is 23.9 Å². The molecule has 0 spiro atoms. The number of rotatable bonds is 7. The van der Waals surface area contributed by atoms with Crippen molar-refractivity contribution in [3.63, 3.8) is 0 Å². The Morgan fingerprint density at radius 3 is 2.33 bits per heavy atom. The highest BCUT2D eigenvalue weighted by Crippen LogP contribution is 2.36. The van der Waals surface area contributed by atoms with Gasteiger partial charge in [-0.3, -0.25) is 0 Å². The van der Waals surface area contributed by atoms with Crippen LogP contribution in [0.5, 0.6) is 5.75 Å². The van der Waals surface area contributed by atoms with Crippen molar-refractivity contribution >= 4 is 0 Å². The molecule has 0 aliphatic rings. The molecule has 0 heterocycles. The van der Waals surface area contributed by atoms with Crippen LogP contribution in [0.2, 0.25) is 0 Å². The van der Waals surface area contributed by atoms with E-state index in [4.69, 9.17) is 0 Å². The van der Waals surface area contributed by atoms with Gasteiger partial charge in [-0.2, -0.15) is 0 Å². The van der Waals surface area contributed by atoms with Gasteiger partial charge in [-0.25, -0.2) is 0 Å². The third kappa shape index (κ3) is 6.38. The first-order valence-corrected chi connectivity index (χ1v) is 7.18. The highest BCUT2D eigenvalue weighted by molar-refractivity contribution is 5.39. The van der Waals surface area contributed by atoms with Crippen LogP contribution in [-0.2, 0) is 5.41 Å². The van der Waals surface area contributed by atoms with Gasteiger partial charge in [-0.05, 0) is 36.9 Å². The fourth-order valence-corrected chi connectivity index (χ4v) is 2.17. The van der Waals surface area contributed by atoms with E-state index in [1.807, 2.05) is 13.8 Å². The van der Waals surface area contributed by atoms with Crippen LogP contribution in [0.15, 0.2) is 24.3 Å². The second-order valence-electron chi connectivity index (χ2n) is 6.28. The van der Waals surface area contributed by atoms with Gasteiger partial charge >= 0.3 is 6.36 Å². The molecule has 2 nitrogen and oxygen atoms in total. The summed E-state index contributed by atoms with van der Waals surface area (Å²) in [5, 5.41) is 3.32. The van der Waals surface area contributed by atoms with E-state index < -0.39 is 11.8 Å². The zero-order valence-corrected chi connectivity index (χ0v) is 13.1. The summed E-state index contributed by atoms with van der Waals surface area (Å²) in [6.07, 6.45) is -3.93. The number of hydrogen-bond acceptors (Lipinski definition) is 2. The molecule has 120 valence electrons. The fourth-order valence-electron chi connectivity index (χ4n) is 2.17. The average Bonchev–Trinajstić information content (AvgIpc) is 2.33. The maximum Gasteiger partial charge on any atom is 0.573 e. The minimum Gasteiger partial charge on any atom is -0.405 e. The smallest absolute Gasteiger partial charge is 0.405 e. The normalized spacial score (nSPS) is 12.8. The number of halogens is 3. The highest BCUT2D eigenvalue weighted by Gasteiger charge is 2.34. The second-order valence-corrected chi connectivity index (χ2v) is 6.28. The molecule has 0 amide bonds. The van der Waals surface area contributed by atoms with E-state index in [0.717, 1.165) is 19.5 Å². The molecule has 0 radical (unpaired) electrons. The van der Waals surface area contributed by atoms with E-state index in [0.29, 0.717) is 11.5 Å². The third-order valence-electron chi connectivity index (χ3n) is 3.32. The zero-order chi connectivity index (χ0) is 16.1. The lowest BCUT2D eigenvalue weighted by atomic mass is 9.81. The Balaban J connectivity index is 2.77. The summed E-state index contributed by atoms with van der Waals surface area (Å²) in [5.41, 5.74) is 0.180. The summed E-state index contributed by atoms with van der Waals surface area (Å²) >= 11 is 0. The molecule has 1 aromatic carbocycles. The van der Waals surface area contributed by atoms with Crippen molar-refractivity contribution in [3.8, 4) is 5.75 Å². The molecule has 0 aromatic heterocycles. The quantitative estimate of drug-likeness (QED) is 0.749. The van der Waals surface area contributed by atoms with Crippen LogP contribution in [-0.4, -0.2) is 19.5 Å². The minimum absolute atomic E-state index is 0.112. The van der Waals surface area contributed by atoms with E-state index >= 15 is 0 Å². The maximum atomic E-state index is 12.5. The monoisotopic (exact) mass is 303 g/mol. The standard InChI is InChI=1S/C16H24F3NO/c1-12(2)11-20-10-9-15(3,4)13-7-5-6-8-14(13)21-16(17,18)19/h5-8,12,20H,9-11H2,1-4H3. The van der Waals surface area contributed by atoms with Crippen LogP contribution in [0.4, 0.5) is 13.2 Å². The van der Waals surface area contributed by atoms with Gasteiger partial charge in [0.15, 0.2) is 0 Å². The van der Waals surface area contributed by atoms with Gasteiger partial charge < -0.3 is 10.1 Å². The van der Waals surface area contributed by atoms with Gasteiger partial charge in [0.05, 0.1) is 0 Å². The van der Waals surface area contributed by atoms with Gasteiger partial charge in [0.25, 0.3) is 0 Å². The molecule has 1 rings (SSSR count). The Bertz CT molecular complexity index is 441. The predicted molar refractivity (Wildman–Crippen MR) is 78.5 cm³/mol. The average molecular weight is 303 g/mol. The molecule has 0 unspecified atom stereocenters. The lowest BCUT2D eigenvalue weighted by Crippen LogP contribution is -2.29. The first kappa shape index (κ1) is 17.8. The van der Waals surface area contributed by atoms with Gasteiger partial charge in [-0.15, -0.1) is 13.2 Å². The zero-order valence-electron chi connectivity index (χ0n) is 13.1. The van der Waals surface area contributed by atoms with Crippen LogP contribution in [0, 0.1) is 5.92 Å². The third-order valence-corrected chi connectivity index (χ3v) is 3.32. The van der Waals surface area contributed by atoms with E-state index in [1.165, 1.54) is 6.07 Å². The Hall–Kier alpha value is -1.23. The molecule has 0 atom stereocenters. The molecule has 5 heteroatoms. The van der Waals surface area contributed by atoms with Crippen molar-refractivity contribution in [1.82, 2.24) is 5.32 Å². The SMILES string of the molecule is CC(C)CNCCC(C)(C)c1ccccc1OC(F)(F)F. The lowest BCUT2D eigenvalue weighted by molar-refractivity contribution is -0.275. The van der Waals surface area contributed by atoms with Crippen molar-refractivity contribution in [2.45, 2.75) is 45.9 Å². The summed E-state index contributed by atoms with van der Waals surface area (Å²) in [6, 6.07) is 6.36. The Morgan fingerprint density at radius 1 is 1.14 bits per heavy atom. The Kier molecular flexibility index (Phi) is 6.08. The highest BCUT2D eigenvalue weighted by atomic mass is 19.4. The van der Waals surface area contributed by atoms with E-state index in [1.54, 1.807) is 18.2 Å². The molecule has 0 bridgehead atoms. The number of ether oxygens (including phenoxy) is 1. The largest absolute Gasteiger partial charge is 0.573 e. The van der Waals surface area contributed by atoms with Gasteiger partial charge in [0, 0.05) is 5.56 Å². The van der Waals surface area contributed by atoms with Gasteiger partial charge in [0.1, 0.15) is 5.75 Å². The van der Waals surface area contributed by atoms with Crippen LogP contribution < -0.4 is 10.1 Å². The van der Waals surface area contributed by atoms with E-state index in [9.17, 15) is 13.2 Å². The summed E-state index contributed by atoms with van der Waals surface area (Å²) in [5.74, 6) is 0.438. The molecule has 0 saturated heterocycles. The summed E-state index contributed by atoms with van der Waals surface area (Å²) in [6.45, 7) is 9.75. The maximum absolute atomic E-state index is 12.5. The van der Waals surface area contributed by atoms with Crippen molar-refractivity contribution in [2.24, 2.45) is 5.92 Å². The molecule has 21 heavy (non-hydrogen) atoms. The van der Waals surface area contributed by atoms with Gasteiger partial charge in [-0.1, -0.05) is 45.9 Å². The Morgan fingerprint density at radius 2 is 1.76 bits per heavy atom. The lowest BCUT2D eigenvalue weighted by Gasteiger charge is -2.28. The van der Waals surface area contributed by atoms with Crippen molar-refractivity contribution in [1.29, 1.82) is 0 Å². The van der Waals surface area contributed by atoms with Crippen LogP contribution in [0.3, 0.4) is 0 Å². The molecular weight excluding hydrogens is 279 g/mol. The summed E-state index contributed by atoms with van der Waals surface area (Å²) in [7, 11) is 0. The molecule has 0 saturated carbocycles. The predicted octanol–water partition coefficient (Wildman–Crippen LogP) is 4.50. The number of para-hydroxylation sites is 1. The van der Waals surface area contributed by atoms with Crippen LogP contribution >= 0.6 is 0 Å². The number of nitrogens with one attached hydrogen (secondary N) is 1. The number of benzene rings is 1. The molecule has 1 aromatic rings. The molecule has 0 aliphatic heterocycles. The topological polar surface area (TPSA) is 21.3 Å². The molecule has 1 N–H and O–H groups in total. The number of alkyl halides is 3. The number of hydrogen-bond donors (Lipinski definition) is 1. The van der Waals surface area contributed by atoms with Crippen LogP contribution in [0.25, 0.3) is 0 Å². The molecule has 0 fully saturated rings.